The van der Waals surface area contributed by atoms with Gasteiger partial charge in [0.05, 0.1) is 31.3 Å². The van der Waals surface area contributed by atoms with E-state index in [0.717, 1.165) is 25.0 Å². The maximum absolute atomic E-state index is 12.6. The van der Waals surface area contributed by atoms with Crippen LogP contribution in [0.1, 0.15) is 44.3 Å². The lowest BCUT2D eigenvalue weighted by atomic mass is 10.1. The lowest BCUT2D eigenvalue weighted by Crippen LogP contribution is -2.44. The smallest absolute Gasteiger partial charge is 0.248 e. The van der Waals surface area contributed by atoms with Gasteiger partial charge < -0.3 is 4.90 Å². The molecular formula is C17H24N4O3. The van der Waals surface area contributed by atoms with Crippen molar-refractivity contribution >= 4 is 11.8 Å². The van der Waals surface area contributed by atoms with E-state index < -0.39 is 0 Å². The summed E-state index contributed by atoms with van der Waals surface area (Å²) >= 11 is 0. The van der Waals surface area contributed by atoms with Crippen LogP contribution in [0.15, 0.2) is 12.3 Å². The fourth-order valence-electron chi connectivity index (χ4n) is 3.70. The van der Waals surface area contributed by atoms with Gasteiger partial charge in [0.1, 0.15) is 0 Å². The van der Waals surface area contributed by atoms with Gasteiger partial charge in [-0.3, -0.25) is 19.1 Å². The Hall–Kier alpha value is -1.89. The normalized spacial score (nSPS) is 29.3. The lowest BCUT2D eigenvalue weighted by Gasteiger charge is -2.35. The third-order valence-corrected chi connectivity index (χ3v) is 5.31. The molecule has 0 N–H and O–H groups in total. The molecule has 0 radical (unpaired) electrons. The minimum Gasteiger partial charge on any atom is -0.334 e. The van der Waals surface area contributed by atoms with E-state index in [4.69, 9.17) is 4.84 Å². The van der Waals surface area contributed by atoms with Crippen LogP contribution in [-0.2, 0) is 21.0 Å². The first-order chi connectivity index (χ1) is 11.6. The molecule has 2 amide bonds. The highest BCUT2D eigenvalue weighted by Gasteiger charge is 2.43. The molecular weight excluding hydrogens is 308 g/mol. The average molecular weight is 332 g/mol. The van der Waals surface area contributed by atoms with Crippen LogP contribution in [0.3, 0.4) is 0 Å². The predicted octanol–water partition coefficient (Wildman–Crippen LogP) is 1.37. The number of hydrogen-bond acceptors (Lipinski definition) is 4. The van der Waals surface area contributed by atoms with Gasteiger partial charge >= 0.3 is 0 Å². The van der Waals surface area contributed by atoms with E-state index in [1.807, 2.05) is 15.6 Å². The summed E-state index contributed by atoms with van der Waals surface area (Å²) in [5.74, 6) is 0.865. The highest BCUT2D eigenvalue weighted by atomic mass is 16.7. The van der Waals surface area contributed by atoms with Crippen LogP contribution in [0, 0.1) is 11.8 Å². The van der Waals surface area contributed by atoms with Crippen molar-refractivity contribution in [1.29, 1.82) is 0 Å². The van der Waals surface area contributed by atoms with Crippen LogP contribution >= 0.6 is 0 Å². The SMILES string of the molecule is C[C@@H]1C[C@H]1C(=O)N1Cc2ccnn2[C@H](CC(=O)N2CCCCO2)C1. The van der Waals surface area contributed by atoms with Crippen LogP contribution in [0.5, 0.6) is 0 Å². The Labute approximate surface area is 141 Å². The van der Waals surface area contributed by atoms with Crippen LogP contribution in [-0.4, -0.2) is 51.3 Å². The number of nitrogens with zero attached hydrogens (tertiary/aromatic N) is 4. The number of carbonyl (C=O) groups is 2. The molecule has 1 saturated heterocycles. The van der Waals surface area contributed by atoms with Gasteiger partial charge in [0, 0.05) is 25.2 Å². The van der Waals surface area contributed by atoms with Crippen molar-refractivity contribution in [2.75, 3.05) is 19.7 Å². The standard InChI is InChI=1S/C17H24N4O3/c1-12-8-15(12)17(23)19-10-13-4-5-18-21(13)14(11-19)9-16(22)20-6-2-3-7-24-20/h4-5,12,14-15H,2-3,6-11H2,1H3/t12-,14-,15-/m1/s1. The number of hydrogen-bond donors (Lipinski definition) is 0. The summed E-state index contributed by atoms with van der Waals surface area (Å²) in [4.78, 5) is 32.5. The third-order valence-electron chi connectivity index (χ3n) is 5.31. The van der Waals surface area contributed by atoms with Crippen LogP contribution in [0.25, 0.3) is 0 Å². The van der Waals surface area contributed by atoms with E-state index in [1.165, 1.54) is 5.06 Å². The highest BCUT2D eigenvalue weighted by Crippen LogP contribution is 2.40. The second-order valence-electron chi connectivity index (χ2n) is 7.20. The van der Waals surface area contributed by atoms with Gasteiger partial charge in [0.25, 0.3) is 0 Å². The predicted molar refractivity (Wildman–Crippen MR) is 85.5 cm³/mol. The van der Waals surface area contributed by atoms with E-state index in [-0.39, 0.29) is 23.8 Å². The molecule has 1 saturated carbocycles. The van der Waals surface area contributed by atoms with E-state index in [1.54, 1.807) is 6.20 Å². The van der Waals surface area contributed by atoms with Crippen molar-refractivity contribution in [1.82, 2.24) is 19.7 Å². The monoisotopic (exact) mass is 332 g/mol. The number of carbonyl (C=O) groups excluding carboxylic acids is 2. The Bertz CT molecular complexity index is 638. The van der Waals surface area contributed by atoms with Gasteiger partial charge in [0.15, 0.2) is 0 Å². The molecule has 7 nitrogen and oxygen atoms in total. The summed E-state index contributed by atoms with van der Waals surface area (Å²) in [6, 6.07) is 1.82. The van der Waals surface area contributed by atoms with Crippen molar-refractivity contribution in [3.05, 3.63) is 18.0 Å². The van der Waals surface area contributed by atoms with Crippen molar-refractivity contribution < 1.29 is 14.4 Å². The summed E-state index contributed by atoms with van der Waals surface area (Å²) in [6.07, 6.45) is 5.03. The summed E-state index contributed by atoms with van der Waals surface area (Å²) in [7, 11) is 0. The van der Waals surface area contributed by atoms with Crippen LogP contribution in [0.4, 0.5) is 0 Å². The van der Waals surface area contributed by atoms with Gasteiger partial charge in [-0.05, 0) is 31.2 Å². The molecule has 1 aliphatic carbocycles. The van der Waals surface area contributed by atoms with E-state index in [9.17, 15) is 9.59 Å². The van der Waals surface area contributed by atoms with Crippen molar-refractivity contribution in [2.24, 2.45) is 11.8 Å². The number of aromatic nitrogens is 2. The van der Waals surface area contributed by atoms with Gasteiger partial charge in [-0.15, -0.1) is 0 Å². The number of hydroxylamine groups is 2. The fraction of sp³-hybridized carbons (Fsp3) is 0.706. The van der Waals surface area contributed by atoms with Crippen molar-refractivity contribution in [3.63, 3.8) is 0 Å². The molecule has 2 fully saturated rings. The Kier molecular flexibility index (Phi) is 4.04. The Balaban J connectivity index is 1.47. The minimum atomic E-state index is -0.111. The molecule has 3 aliphatic rings. The van der Waals surface area contributed by atoms with E-state index in [0.29, 0.717) is 38.6 Å². The van der Waals surface area contributed by atoms with Gasteiger partial charge in [-0.25, -0.2) is 5.06 Å². The number of amides is 2. The van der Waals surface area contributed by atoms with Crippen LogP contribution < -0.4 is 0 Å². The molecule has 3 heterocycles. The second kappa shape index (κ2) is 6.20. The average Bonchev–Trinajstić information content (AvgIpc) is 3.13. The summed E-state index contributed by atoms with van der Waals surface area (Å²) in [5.41, 5.74) is 1.00. The first-order valence-corrected chi connectivity index (χ1v) is 8.88. The molecule has 4 rings (SSSR count). The maximum atomic E-state index is 12.6. The zero-order valence-electron chi connectivity index (χ0n) is 14.1. The molecule has 3 atom stereocenters. The molecule has 0 aromatic carbocycles. The molecule has 0 unspecified atom stereocenters. The zero-order chi connectivity index (χ0) is 16.7. The van der Waals surface area contributed by atoms with Crippen molar-refractivity contribution in [2.45, 2.75) is 45.2 Å². The Morgan fingerprint density at radius 3 is 2.92 bits per heavy atom. The summed E-state index contributed by atoms with van der Waals surface area (Å²) < 4.78 is 1.90. The first kappa shape index (κ1) is 15.6. The number of rotatable bonds is 3. The molecule has 7 heteroatoms. The van der Waals surface area contributed by atoms with E-state index >= 15 is 0 Å². The maximum Gasteiger partial charge on any atom is 0.248 e. The topological polar surface area (TPSA) is 67.7 Å². The van der Waals surface area contributed by atoms with Gasteiger partial charge in [-0.1, -0.05) is 6.92 Å². The molecule has 24 heavy (non-hydrogen) atoms. The molecule has 1 aromatic heterocycles. The van der Waals surface area contributed by atoms with Gasteiger partial charge in [0.2, 0.25) is 11.8 Å². The summed E-state index contributed by atoms with van der Waals surface area (Å²) in [6.45, 7) is 4.52. The van der Waals surface area contributed by atoms with Gasteiger partial charge in [-0.2, -0.15) is 5.10 Å². The fourth-order valence-corrected chi connectivity index (χ4v) is 3.70. The quantitative estimate of drug-likeness (QED) is 0.838. The minimum absolute atomic E-state index is 0.0183. The lowest BCUT2D eigenvalue weighted by molar-refractivity contribution is -0.198. The number of fused-ring (bicyclic) bond motifs is 1. The van der Waals surface area contributed by atoms with Crippen molar-refractivity contribution in [3.8, 4) is 0 Å². The van der Waals surface area contributed by atoms with E-state index in [2.05, 4.69) is 12.0 Å². The first-order valence-electron chi connectivity index (χ1n) is 8.88. The molecule has 130 valence electrons. The third kappa shape index (κ3) is 2.92. The largest absolute Gasteiger partial charge is 0.334 e. The Morgan fingerprint density at radius 1 is 1.38 bits per heavy atom. The Morgan fingerprint density at radius 2 is 2.21 bits per heavy atom. The molecule has 0 spiro atoms. The second-order valence-corrected chi connectivity index (χ2v) is 7.20. The highest BCUT2D eigenvalue weighted by molar-refractivity contribution is 5.82. The summed E-state index contributed by atoms with van der Waals surface area (Å²) in [5, 5.41) is 5.86. The molecule has 1 aromatic rings. The van der Waals surface area contributed by atoms with Crippen LogP contribution in [0.2, 0.25) is 0 Å². The zero-order valence-corrected chi connectivity index (χ0v) is 14.1. The molecule has 2 aliphatic heterocycles. The molecule has 0 bridgehead atoms.